The van der Waals surface area contributed by atoms with Crippen LogP contribution >= 0.6 is 0 Å². The predicted octanol–water partition coefficient (Wildman–Crippen LogP) is 3.33. The Balaban J connectivity index is 1.34. The lowest BCUT2D eigenvalue weighted by Gasteiger charge is -2.34. The van der Waals surface area contributed by atoms with E-state index in [4.69, 9.17) is 4.74 Å². The van der Waals surface area contributed by atoms with Gasteiger partial charge in [-0.2, -0.15) is 5.10 Å². The molecule has 0 spiro atoms. The molecule has 31 heavy (non-hydrogen) atoms. The van der Waals surface area contributed by atoms with Gasteiger partial charge >= 0.3 is 0 Å². The van der Waals surface area contributed by atoms with Crippen molar-refractivity contribution < 1.29 is 13.9 Å². The molecule has 1 aromatic heterocycles. The van der Waals surface area contributed by atoms with E-state index < -0.39 is 0 Å². The first-order chi connectivity index (χ1) is 15.1. The highest BCUT2D eigenvalue weighted by Gasteiger charge is 2.25. The maximum absolute atomic E-state index is 14.1. The Hall–Kier alpha value is -3.19. The van der Waals surface area contributed by atoms with E-state index in [1.165, 1.54) is 16.3 Å². The van der Waals surface area contributed by atoms with Gasteiger partial charge in [-0.3, -0.25) is 9.69 Å². The van der Waals surface area contributed by atoms with Crippen molar-refractivity contribution >= 4 is 5.91 Å². The van der Waals surface area contributed by atoms with Crippen LogP contribution in [0.15, 0.2) is 54.7 Å². The molecule has 1 aliphatic rings. The number of ether oxygens (including phenoxy) is 1. The predicted molar refractivity (Wildman–Crippen MR) is 117 cm³/mol. The van der Waals surface area contributed by atoms with Crippen molar-refractivity contribution in [2.45, 2.75) is 13.3 Å². The van der Waals surface area contributed by atoms with Crippen LogP contribution in [0.3, 0.4) is 0 Å². The van der Waals surface area contributed by atoms with Crippen LogP contribution in [0.2, 0.25) is 0 Å². The summed E-state index contributed by atoms with van der Waals surface area (Å²) in [5.74, 6) is 0.456. The van der Waals surface area contributed by atoms with Crippen molar-refractivity contribution in [3.63, 3.8) is 0 Å². The zero-order valence-electron chi connectivity index (χ0n) is 17.9. The van der Waals surface area contributed by atoms with Gasteiger partial charge in [0.2, 0.25) is 0 Å². The molecular formula is C24H27FN4O2. The molecule has 2 heterocycles. The number of hydrogen-bond acceptors (Lipinski definition) is 4. The summed E-state index contributed by atoms with van der Waals surface area (Å²) in [5.41, 5.74) is 2.80. The SMILES string of the molecule is COc1ccc(CCN2CCN(C(=O)c3cnn(-c4ccccc4F)c3C)CC2)cc1. The fourth-order valence-electron chi connectivity index (χ4n) is 3.91. The van der Waals surface area contributed by atoms with Gasteiger partial charge in [0, 0.05) is 32.7 Å². The molecule has 0 saturated carbocycles. The molecule has 1 fully saturated rings. The van der Waals surface area contributed by atoms with E-state index in [0.717, 1.165) is 31.8 Å². The fraction of sp³-hybridized carbons (Fsp3) is 0.333. The summed E-state index contributed by atoms with van der Waals surface area (Å²) in [7, 11) is 1.67. The Kier molecular flexibility index (Phi) is 6.32. The van der Waals surface area contributed by atoms with Gasteiger partial charge in [-0.15, -0.1) is 0 Å². The van der Waals surface area contributed by atoms with Crippen LogP contribution in [0.5, 0.6) is 5.75 Å². The highest BCUT2D eigenvalue weighted by atomic mass is 19.1. The fourth-order valence-corrected chi connectivity index (χ4v) is 3.91. The normalized spacial score (nSPS) is 14.6. The van der Waals surface area contributed by atoms with E-state index in [2.05, 4.69) is 22.1 Å². The maximum Gasteiger partial charge on any atom is 0.257 e. The molecule has 0 radical (unpaired) electrons. The van der Waals surface area contributed by atoms with Crippen molar-refractivity contribution in [3.05, 3.63) is 77.4 Å². The molecular weight excluding hydrogens is 395 g/mol. The Bertz CT molecular complexity index is 1040. The summed E-state index contributed by atoms with van der Waals surface area (Å²) >= 11 is 0. The molecule has 0 aliphatic carbocycles. The van der Waals surface area contributed by atoms with Crippen LogP contribution in [-0.4, -0.2) is 65.3 Å². The number of benzene rings is 2. The topological polar surface area (TPSA) is 50.6 Å². The Morgan fingerprint density at radius 3 is 2.45 bits per heavy atom. The van der Waals surface area contributed by atoms with Gasteiger partial charge in [-0.05, 0) is 43.2 Å². The smallest absolute Gasteiger partial charge is 0.257 e. The van der Waals surface area contributed by atoms with E-state index in [1.807, 2.05) is 17.0 Å². The van der Waals surface area contributed by atoms with Gasteiger partial charge in [0.25, 0.3) is 5.91 Å². The van der Waals surface area contributed by atoms with E-state index in [1.54, 1.807) is 38.4 Å². The lowest BCUT2D eigenvalue weighted by atomic mass is 10.1. The molecule has 0 unspecified atom stereocenters. The number of methoxy groups -OCH3 is 1. The van der Waals surface area contributed by atoms with Crippen molar-refractivity contribution in [1.29, 1.82) is 0 Å². The number of carbonyl (C=O) groups is 1. The highest BCUT2D eigenvalue weighted by Crippen LogP contribution is 2.19. The standard InChI is InChI=1S/C24H27FN4O2/c1-18-21(17-26-29(18)23-6-4-3-5-22(23)25)24(30)28-15-13-27(14-16-28)12-11-19-7-9-20(31-2)10-8-19/h3-10,17H,11-16H2,1-2H3. The molecule has 1 amide bonds. The van der Waals surface area contributed by atoms with Crippen molar-refractivity contribution in [1.82, 2.24) is 19.6 Å². The van der Waals surface area contributed by atoms with E-state index >= 15 is 0 Å². The summed E-state index contributed by atoms with van der Waals surface area (Å²) in [6, 6.07) is 14.6. The minimum absolute atomic E-state index is 0.0464. The van der Waals surface area contributed by atoms with Gasteiger partial charge in [0.1, 0.15) is 17.3 Å². The van der Waals surface area contributed by atoms with E-state index in [0.29, 0.717) is 30.0 Å². The molecule has 3 aromatic rings. The number of para-hydroxylation sites is 1. The summed E-state index contributed by atoms with van der Waals surface area (Å²) in [6.45, 7) is 5.78. The summed E-state index contributed by atoms with van der Waals surface area (Å²) in [4.78, 5) is 17.3. The second kappa shape index (κ2) is 9.31. The molecule has 6 nitrogen and oxygen atoms in total. The number of piperazine rings is 1. The van der Waals surface area contributed by atoms with Crippen LogP contribution in [0, 0.1) is 12.7 Å². The second-order valence-corrected chi connectivity index (χ2v) is 7.74. The second-order valence-electron chi connectivity index (χ2n) is 7.74. The van der Waals surface area contributed by atoms with Crippen molar-refractivity contribution in [2.75, 3.05) is 39.8 Å². The van der Waals surface area contributed by atoms with Crippen LogP contribution in [0.1, 0.15) is 21.6 Å². The first-order valence-electron chi connectivity index (χ1n) is 10.5. The van der Waals surface area contributed by atoms with E-state index in [9.17, 15) is 9.18 Å². The number of halogens is 1. The van der Waals surface area contributed by atoms with Crippen molar-refractivity contribution in [3.8, 4) is 11.4 Å². The first-order valence-corrected chi connectivity index (χ1v) is 10.5. The van der Waals surface area contributed by atoms with Gasteiger partial charge < -0.3 is 9.64 Å². The largest absolute Gasteiger partial charge is 0.497 e. The average molecular weight is 423 g/mol. The molecule has 0 atom stereocenters. The van der Waals surface area contributed by atoms with Crippen molar-refractivity contribution in [2.24, 2.45) is 0 Å². The summed E-state index contributed by atoms with van der Waals surface area (Å²) in [6.07, 6.45) is 2.51. The Morgan fingerprint density at radius 2 is 1.77 bits per heavy atom. The molecule has 162 valence electrons. The number of nitrogens with zero attached hydrogens (tertiary/aromatic N) is 4. The van der Waals surface area contributed by atoms with Gasteiger partial charge in [0.05, 0.1) is 24.6 Å². The van der Waals surface area contributed by atoms with E-state index in [-0.39, 0.29) is 11.7 Å². The third-order valence-corrected chi connectivity index (χ3v) is 5.86. The monoisotopic (exact) mass is 422 g/mol. The Morgan fingerprint density at radius 1 is 1.06 bits per heavy atom. The molecule has 0 bridgehead atoms. The number of aromatic nitrogens is 2. The molecule has 2 aromatic carbocycles. The van der Waals surface area contributed by atoms with Crippen LogP contribution in [-0.2, 0) is 6.42 Å². The minimum Gasteiger partial charge on any atom is -0.497 e. The molecule has 1 aliphatic heterocycles. The first kappa shape index (κ1) is 21.1. The van der Waals surface area contributed by atoms with Gasteiger partial charge in [-0.1, -0.05) is 24.3 Å². The summed E-state index contributed by atoms with van der Waals surface area (Å²) in [5, 5.41) is 4.26. The number of rotatable bonds is 6. The van der Waals surface area contributed by atoms with Crippen LogP contribution in [0.4, 0.5) is 4.39 Å². The molecule has 4 rings (SSSR count). The van der Waals surface area contributed by atoms with Gasteiger partial charge in [0.15, 0.2) is 0 Å². The zero-order chi connectivity index (χ0) is 21.8. The number of carbonyl (C=O) groups excluding carboxylic acids is 1. The average Bonchev–Trinajstić information content (AvgIpc) is 3.19. The van der Waals surface area contributed by atoms with Crippen LogP contribution in [0.25, 0.3) is 5.69 Å². The maximum atomic E-state index is 14.1. The molecule has 1 saturated heterocycles. The zero-order valence-corrected chi connectivity index (χ0v) is 17.9. The number of amides is 1. The third-order valence-electron chi connectivity index (χ3n) is 5.86. The lowest BCUT2D eigenvalue weighted by Crippen LogP contribution is -2.49. The highest BCUT2D eigenvalue weighted by molar-refractivity contribution is 5.95. The third kappa shape index (κ3) is 4.61. The number of hydrogen-bond donors (Lipinski definition) is 0. The molecule has 0 N–H and O–H groups in total. The van der Waals surface area contributed by atoms with Crippen LogP contribution < -0.4 is 4.74 Å². The lowest BCUT2D eigenvalue weighted by molar-refractivity contribution is 0.0637. The van der Waals surface area contributed by atoms with Gasteiger partial charge in [-0.25, -0.2) is 9.07 Å². The quantitative estimate of drug-likeness (QED) is 0.612. The minimum atomic E-state index is -0.363. The molecule has 7 heteroatoms. The Labute approximate surface area is 181 Å². The summed E-state index contributed by atoms with van der Waals surface area (Å²) < 4.78 is 20.8.